The molecule has 0 aliphatic carbocycles. The molecule has 2 aromatic rings. The van der Waals surface area contributed by atoms with E-state index in [4.69, 9.17) is 5.26 Å². The Balaban J connectivity index is 2.38. The molecule has 0 saturated carbocycles. The maximum Gasteiger partial charge on any atom is 0.154 e. The van der Waals surface area contributed by atoms with Gasteiger partial charge in [0.15, 0.2) is 4.34 Å². The van der Waals surface area contributed by atoms with Crippen LogP contribution in [0.3, 0.4) is 0 Å². The zero-order chi connectivity index (χ0) is 13.1. The monoisotopic (exact) mass is 276 g/mol. The molecule has 92 valence electrons. The fourth-order valence-electron chi connectivity index (χ4n) is 1.51. The van der Waals surface area contributed by atoms with Gasteiger partial charge in [0.05, 0.1) is 17.7 Å². The molecule has 0 unspecified atom stereocenters. The number of nitriles is 1. The van der Waals surface area contributed by atoms with Gasteiger partial charge >= 0.3 is 0 Å². The van der Waals surface area contributed by atoms with Crippen LogP contribution in [0.15, 0.2) is 32.8 Å². The molecule has 0 saturated heterocycles. The number of hydrogen-bond donors (Lipinski definition) is 1. The first kappa shape index (κ1) is 13.1. The smallest absolute Gasteiger partial charge is 0.154 e. The van der Waals surface area contributed by atoms with Crippen molar-refractivity contribution in [1.82, 2.24) is 4.98 Å². The van der Waals surface area contributed by atoms with Crippen LogP contribution in [-0.2, 0) is 0 Å². The summed E-state index contributed by atoms with van der Waals surface area (Å²) in [6, 6.07) is 7.43. The largest absolute Gasteiger partial charge is 0.389 e. The van der Waals surface area contributed by atoms with E-state index in [9.17, 15) is 5.11 Å². The van der Waals surface area contributed by atoms with E-state index in [0.29, 0.717) is 5.56 Å². The van der Waals surface area contributed by atoms with Gasteiger partial charge < -0.3 is 5.11 Å². The molecule has 1 aromatic heterocycles. The maximum absolute atomic E-state index is 9.74. The molecule has 0 aliphatic rings. The van der Waals surface area contributed by atoms with E-state index < -0.39 is 6.10 Å². The van der Waals surface area contributed by atoms with Crippen LogP contribution in [0.2, 0.25) is 0 Å². The van der Waals surface area contributed by atoms with Gasteiger partial charge in [0, 0.05) is 16.0 Å². The highest BCUT2D eigenvalue weighted by atomic mass is 32.2. The molecule has 5 heteroatoms. The zero-order valence-electron chi connectivity index (χ0n) is 10.0. The van der Waals surface area contributed by atoms with Crippen LogP contribution in [-0.4, -0.2) is 10.1 Å². The number of benzene rings is 1. The Labute approximate surface area is 114 Å². The number of thiazole rings is 1. The second-order valence-electron chi connectivity index (χ2n) is 3.90. The molecular weight excluding hydrogens is 264 g/mol. The molecule has 2 rings (SSSR count). The highest BCUT2D eigenvalue weighted by Crippen LogP contribution is 2.35. The van der Waals surface area contributed by atoms with Crippen LogP contribution in [0, 0.1) is 18.3 Å². The number of aryl methyl sites for hydroxylation is 1. The fraction of sp³-hybridized carbons (Fsp3) is 0.231. The fourth-order valence-corrected chi connectivity index (χ4v) is 3.56. The third-order valence-corrected chi connectivity index (χ3v) is 4.52. The van der Waals surface area contributed by atoms with Gasteiger partial charge in [0.1, 0.15) is 0 Å². The number of nitrogens with zero attached hydrogens (tertiary/aromatic N) is 2. The minimum atomic E-state index is -0.554. The Kier molecular flexibility index (Phi) is 4.02. The average molecular weight is 276 g/mol. The second-order valence-corrected chi connectivity index (χ2v) is 6.04. The van der Waals surface area contributed by atoms with Crippen LogP contribution < -0.4 is 0 Å². The summed E-state index contributed by atoms with van der Waals surface area (Å²) in [4.78, 5) is 5.27. The molecule has 1 heterocycles. The molecule has 1 N–H and O–H groups in total. The SMILES string of the molecule is Cc1csc(Sc2cc(C#N)ccc2[C@H](C)O)n1. The van der Waals surface area contributed by atoms with Gasteiger partial charge in [-0.2, -0.15) is 5.26 Å². The maximum atomic E-state index is 9.74. The van der Waals surface area contributed by atoms with Crippen molar-refractivity contribution in [3.63, 3.8) is 0 Å². The van der Waals surface area contributed by atoms with Crippen molar-refractivity contribution < 1.29 is 5.11 Å². The molecule has 0 bridgehead atoms. The first-order chi connectivity index (χ1) is 8.60. The van der Waals surface area contributed by atoms with Gasteiger partial charge in [0.25, 0.3) is 0 Å². The van der Waals surface area contributed by atoms with Gasteiger partial charge in [-0.15, -0.1) is 11.3 Å². The standard InChI is InChI=1S/C13H12N2OS2/c1-8-7-17-13(15-8)18-12-5-10(6-14)3-4-11(12)9(2)16/h3-5,7,9,16H,1-2H3/t9-/m0/s1. The molecule has 0 radical (unpaired) electrons. The Morgan fingerprint density at radius 3 is 2.83 bits per heavy atom. The lowest BCUT2D eigenvalue weighted by atomic mass is 10.1. The highest BCUT2D eigenvalue weighted by molar-refractivity contribution is 8.01. The molecule has 1 aromatic carbocycles. The van der Waals surface area contributed by atoms with Crippen molar-refractivity contribution in [3.8, 4) is 6.07 Å². The van der Waals surface area contributed by atoms with Crippen molar-refractivity contribution in [3.05, 3.63) is 40.4 Å². The molecule has 0 fully saturated rings. The average Bonchev–Trinajstić information content (AvgIpc) is 2.74. The quantitative estimate of drug-likeness (QED) is 0.931. The lowest BCUT2D eigenvalue weighted by Gasteiger charge is -2.10. The zero-order valence-corrected chi connectivity index (χ0v) is 11.7. The van der Waals surface area contributed by atoms with Crippen LogP contribution in [0.5, 0.6) is 0 Å². The molecule has 1 atom stereocenters. The third kappa shape index (κ3) is 2.91. The van der Waals surface area contributed by atoms with Crippen LogP contribution >= 0.6 is 23.1 Å². The summed E-state index contributed by atoms with van der Waals surface area (Å²) in [5.74, 6) is 0. The van der Waals surface area contributed by atoms with Crippen LogP contribution in [0.25, 0.3) is 0 Å². The van der Waals surface area contributed by atoms with Gasteiger partial charge in [-0.05, 0) is 31.5 Å². The Morgan fingerprint density at radius 2 is 2.28 bits per heavy atom. The molecule has 3 nitrogen and oxygen atoms in total. The summed E-state index contributed by atoms with van der Waals surface area (Å²) >= 11 is 3.05. The van der Waals surface area contributed by atoms with Crippen molar-refractivity contribution in [2.24, 2.45) is 0 Å². The highest BCUT2D eigenvalue weighted by Gasteiger charge is 2.12. The van der Waals surface area contributed by atoms with E-state index in [2.05, 4.69) is 11.1 Å². The Hall–Kier alpha value is -1.35. The molecule has 0 aliphatic heterocycles. The van der Waals surface area contributed by atoms with Crippen molar-refractivity contribution >= 4 is 23.1 Å². The van der Waals surface area contributed by atoms with E-state index >= 15 is 0 Å². The number of rotatable bonds is 3. The summed E-state index contributed by atoms with van der Waals surface area (Å²) in [6.45, 7) is 3.67. The molecule has 18 heavy (non-hydrogen) atoms. The number of hydrogen-bond acceptors (Lipinski definition) is 5. The predicted molar refractivity (Wildman–Crippen MR) is 72.8 cm³/mol. The van der Waals surface area contributed by atoms with Crippen molar-refractivity contribution in [2.45, 2.75) is 29.2 Å². The third-order valence-electron chi connectivity index (χ3n) is 2.39. The lowest BCUT2D eigenvalue weighted by molar-refractivity contribution is 0.196. The normalized spacial score (nSPS) is 12.1. The molecule has 0 amide bonds. The minimum Gasteiger partial charge on any atom is -0.389 e. The van der Waals surface area contributed by atoms with Gasteiger partial charge in [-0.3, -0.25) is 0 Å². The summed E-state index contributed by atoms with van der Waals surface area (Å²) in [7, 11) is 0. The van der Waals surface area contributed by atoms with Gasteiger partial charge in [-0.25, -0.2) is 4.98 Å². The molecular formula is C13H12N2OS2. The lowest BCUT2D eigenvalue weighted by Crippen LogP contribution is -1.94. The van der Waals surface area contributed by atoms with E-state index in [-0.39, 0.29) is 0 Å². The van der Waals surface area contributed by atoms with E-state index in [0.717, 1.165) is 20.5 Å². The predicted octanol–water partition coefficient (Wildman–Crippen LogP) is 3.53. The molecule has 0 spiro atoms. The van der Waals surface area contributed by atoms with Gasteiger partial charge in [0.2, 0.25) is 0 Å². The van der Waals surface area contributed by atoms with E-state index in [1.54, 1.807) is 36.5 Å². The second kappa shape index (κ2) is 5.53. The van der Waals surface area contributed by atoms with Crippen LogP contribution in [0.1, 0.15) is 29.8 Å². The Morgan fingerprint density at radius 1 is 1.50 bits per heavy atom. The number of aliphatic hydroxyl groups is 1. The van der Waals surface area contributed by atoms with Crippen LogP contribution in [0.4, 0.5) is 0 Å². The summed E-state index contributed by atoms with van der Waals surface area (Å²) in [5.41, 5.74) is 2.40. The van der Waals surface area contributed by atoms with E-state index in [1.807, 2.05) is 12.3 Å². The summed E-state index contributed by atoms with van der Waals surface area (Å²) < 4.78 is 0.921. The van der Waals surface area contributed by atoms with Crippen molar-refractivity contribution in [2.75, 3.05) is 0 Å². The summed E-state index contributed by atoms with van der Waals surface area (Å²) in [6.07, 6.45) is -0.554. The first-order valence-corrected chi connectivity index (χ1v) is 7.12. The van der Waals surface area contributed by atoms with Gasteiger partial charge in [-0.1, -0.05) is 17.8 Å². The minimum absolute atomic E-state index is 0.554. The first-order valence-electron chi connectivity index (χ1n) is 5.42. The Bertz CT molecular complexity index is 599. The summed E-state index contributed by atoms with van der Waals surface area (Å²) in [5, 5.41) is 20.6. The number of aromatic nitrogens is 1. The topological polar surface area (TPSA) is 56.9 Å². The number of aliphatic hydroxyl groups excluding tert-OH is 1. The van der Waals surface area contributed by atoms with E-state index in [1.165, 1.54) is 11.8 Å². The van der Waals surface area contributed by atoms with Crippen molar-refractivity contribution in [1.29, 1.82) is 5.26 Å².